The molecule has 1 unspecified atom stereocenters. The van der Waals surface area contributed by atoms with Gasteiger partial charge in [-0.1, -0.05) is 25.0 Å². The Hall–Kier alpha value is -0.830. The highest BCUT2D eigenvalue weighted by molar-refractivity contribution is 5.73. The number of carbonyl (C=O) groups is 1. The second-order valence-electron chi connectivity index (χ2n) is 3.59. The Morgan fingerprint density at radius 1 is 1.46 bits per heavy atom. The number of rotatable bonds is 2. The summed E-state index contributed by atoms with van der Waals surface area (Å²) in [6.45, 7) is 0. The average molecular weight is 183 g/mol. The maximum absolute atomic E-state index is 10.6. The summed E-state index contributed by atoms with van der Waals surface area (Å²) in [6.07, 6.45) is 9.49. The Balaban J connectivity index is 2.54. The minimum atomic E-state index is -0.893. The number of carboxylic acid groups (broad SMARTS) is 1. The molecule has 0 aliphatic heterocycles. The van der Waals surface area contributed by atoms with Crippen LogP contribution in [0.25, 0.3) is 0 Å². The van der Waals surface area contributed by atoms with Crippen molar-refractivity contribution in [3.05, 3.63) is 12.2 Å². The largest absolute Gasteiger partial charge is 0.480 e. The van der Waals surface area contributed by atoms with Crippen LogP contribution in [0.15, 0.2) is 12.2 Å². The lowest BCUT2D eigenvalue weighted by molar-refractivity contribution is -0.139. The molecule has 1 aliphatic rings. The van der Waals surface area contributed by atoms with Gasteiger partial charge in [0.25, 0.3) is 0 Å². The molecule has 0 spiro atoms. The van der Waals surface area contributed by atoms with E-state index in [1.165, 1.54) is 12.8 Å². The van der Waals surface area contributed by atoms with Crippen molar-refractivity contribution in [2.45, 2.75) is 38.1 Å². The van der Waals surface area contributed by atoms with E-state index in [1.807, 2.05) is 6.08 Å². The molecule has 3 heteroatoms. The van der Waals surface area contributed by atoms with Crippen LogP contribution in [-0.4, -0.2) is 17.1 Å². The number of aliphatic carboxylic acids is 1. The van der Waals surface area contributed by atoms with Crippen molar-refractivity contribution in [2.75, 3.05) is 0 Å². The monoisotopic (exact) mass is 183 g/mol. The Morgan fingerprint density at radius 3 is 2.92 bits per heavy atom. The molecule has 1 rings (SSSR count). The third-order valence-electron chi connectivity index (χ3n) is 2.54. The van der Waals surface area contributed by atoms with Crippen LogP contribution < -0.4 is 5.73 Å². The summed E-state index contributed by atoms with van der Waals surface area (Å²) < 4.78 is 0. The molecule has 0 aromatic carbocycles. The Morgan fingerprint density at radius 2 is 2.23 bits per heavy atom. The average Bonchev–Trinajstić information content (AvgIpc) is 2.02. The molecule has 2 atom stereocenters. The van der Waals surface area contributed by atoms with Gasteiger partial charge >= 0.3 is 5.97 Å². The quantitative estimate of drug-likeness (QED) is 0.638. The molecule has 1 aliphatic carbocycles. The first-order valence-electron chi connectivity index (χ1n) is 4.87. The van der Waals surface area contributed by atoms with Crippen molar-refractivity contribution in [1.82, 2.24) is 0 Å². The van der Waals surface area contributed by atoms with Crippen molar-refractivity contribution >= 4 is 5.97 Å². The van der Waals surface area contributed by atoms with Crippen LogP contribution in [0.2, 0.25) is 0 Å². The van der Waals surface area contributed by atoms with Gasteiger partial charge in [0.1, 0.15) is 6.04 Å². The summed E-state index contributed by atoms with van der Waals surface area (Å²) in [5, 5.41) is 8.74. The molecule has 0 fully saturated rings. The highest BCUT2D eigenvalue weighted by atomic mass is 16.4. The molecule has 0 aromatic rings. The Labute approximate surface area is 78.6 Å². The van der Waals surface area contributed by atoms with Crippen molar-refractivity contribution in [1.29, 1.82) is 0 Å². The van der Waals surface area contributed by atoms with Crippen LogP contribution in [0.3, 0.4) is 0 Å². The number of nitrogens with two attached hydrogens (primary N) is 1. The molecule has 3 N–H and O–H groups in total. The topological polar surface area (TPSA) is 63.3 Å². The minimum Gasteiger partial charge on any atom is -0.480 e. The van der Waals surface area contributed by atoms with Gasteiger partial charge in [0.2, 0.25) is 0 Å². The summed E-state index contributed by atoms with van der Waals surface area (Å²) in [6, 6.07) is -0.727. The van der Waals surface area contributed by atoms with Crippen LogP contribution in [0.5, 0.6) is 0 Å². The van der Waals surface area contributed by atoms with Gasteiger partial charge in [0.05, 0.1) is 0 Å². The first-order chi connectivity index (χ1) is 6.22. The summed E-state index contributed by atoms with van der Waals surface area (Å²) in [5.41, 5.74) is 5.56. The first kappa shape index (κ1) is 10.3. The van der Waals surface area contributed by atoms with E-state index in [-0.39, 0.29) is 5.92 Å². The molecule has 0 aromatic heterocycles. The van der Waals surface area contributed by atoms with E-state index in [0.717, 1.165) is 19.3 Å². The van der Waals surface area contributed by atoms with E-state index >= 15 is 0 Å². The number of allylic oxidation sites excluding steroid dienone is 1. The Bertz CT molecular complexity index is 201. The van der Waals surface area contributed by atoms with E-state index in [2.05, 4.69) is 6.08 Å². The Kier molecular flexibility index (Phi) is 3.96. The van der Waals surface area contributed by atoms with Crippen LogP contribution in [0.4, 0.5) is 0 Å². The second-order valence-corrected chi connectivity index (χ2v) is 3.59. The van der Waals surface area contributed by atoms with Gasteiger partial charge in [-0.3, -0.25) is 4.79 Å². The smallest absolute Gasteiger partial charge is 0.321 e. The molecule has 13 heavy (non-hydrogen) atoms. The zero-order chi connectivity index (χ0) is 9.68. The van der Waals surface area contributed by atoms with Crippen LogP contribution in [-0.2, 0) is 4.79 Å². The van der Waals surface area contributed by atoms with Crippen LogP contribution in [0.1, 0.15) is 32.1 Å². The fourth-order valence-corrected chi connectivity index (χ4v) is 1.67. The van der Waals surface area contributed by atoms with Gasteiger partial charge in [-0.2, -0.15) is 0 Å². The van der Waals surface area contributed by atoms with Gasteiger partial charge in [-0.05, 0) is 19.3 Å². The highest BCUT2D eigenvalue weighted by Gasteiger charge is 2.21. The lowest BCUT2D eigenvalue weighted by atomic mass is 9.91. The van der Waals surface area contributed by atoms with Gasteiger partial charge < -0.3 is 10.8 Å². The first-order valence-corrected chi connectivity index (χ1v) is 4.87. The number of hydrogen-bond donors (Lipinski definition) is 2. The van der Waals surface area contributed by atoms with Gasteiger partial charge in [-0.15, -0.1) is 0 Å². The molecule has 0 bridgehead atoms. The third kappa shape index (κ3) is 3.19. The van der Waals surface area contributed by atoms with E-state index in [1.54, 1.807) is 0 Å². The normalized spacial score (nSPS) is 28.5. The highest BCUT2D eigenvalue weighted by Crippen LogP contribution is 2.18. The zero-order valence-electron chi connectivity index (χ0n) is 7.78. The van der Waals surface area contributed by atoms with E-state index < -0.39 is 12.0 Å². The van der Waals surface area contributed by atoms with Gasteiger partial charge in [0.15, 0.2) is 0 Å². The molecule has 0 saturated carbocycles. The van der Waals surface area contributed by atoms with Crippen LogP contribution in [0, 0.1) is 5.92 Å². The van der Waals surface area contributed by atoms with Crippen molar-refractivity contribution in [3.8, 4) is 0 Å². The third-order valence-corrected chi connectivity index (χ3v) is 2.54. The molecular formula is C10H17NO2. The van der Waals surface area contributed by atoms with Crippen molar-refractivity contribution in [3.63, 3.8) is 0 Å². The number of hydrogen-bond acceptors (Lipinski definition) is 2. The predicted molar refractivity (Wildman–Crippen MR) is 51.3 cm³/mol. The summed E-state index contributed by atoms with van der Waals surface area (Å²) >= 11 is 0. The van der Waals surface area contributed by atoms with Crippen molar-refractivity contribution in [2.24, 2.45) is 11.7 Å². The molecule has 0 saturated heterocycles. The lowest BCUT2D eigenvalue weighted by Crippen LogP contribution is -2.37. The second kappa shape index (κ2) is 5.02. The van der Waals surface area contributed by atoms with E-state index in [9.17, 15) is 4.79 Å². The fraction of sp³-hybridized carbons (Fsp3) is 0.700. The maximum Gasteiger partial charge on any atom is 0.321 e. The molecule has 0 radical (unpaired) electrons. The van der Waals surface area contributed by atoms with Gasteiger partial charge in [0, 0.05) is 5.92 Å². The number of carboxylic acids is 1. The standard InChI is InChI=1S/C10H17NO2/c11-9(10(12)13)8-6-4-2-1-3-5-7-8/h4,6,8-9H,1-3,5,7,11H2,(H,12,13)/b6-4-/t8?,9-/m1/s1. The molecular weight excluding hydrogens is 166 g/mol. The SMILES string of the molecule is N[C@@H](C(=O)O)C1/C=C\CCCCC1. The summed E-state index contributed by atoms with van der Waals surface area (Å²) in [7, 11) is 0. The predicted octanol–water partition coefficient (Wildman–Crippen LogP) is 1.53. The zero-order valence-corrected chi connectivity index (χ0v) is 7.78. The van der Waals surface area contributed by atoms with Crippen molar-refractivity contribution < 1.29 is 9.90 Å². The summed E-state index contributed by atoms with van der Waals surface area (Å²) in [5.74, 6) is -0.868. The van der Waals surface area contributed by atoms with Crippen LogP contribution >= 0.6 is 0 Å². The fourth-order valence-electron chi connectivity index (χ4n) is 1.67. The molecule has 0 amide bonds. The van der Waals surface area contributed by atoms with E-state index in [0.29, 0.717) is 0 Å². The molecule has 0 heterocycles. The minimum absolute atomic E-state index is 0.0257. The maximum atomic E-state index is 10.6. The lowest BCUT2D eigenvalue weighted by Gasteiger charge is -2.18. The molecule has 3 nitrogen and oxygen atoms in total. The molecule has 74 valence electrons. The summed E-state index contributed by atoms with van der Waals surface area (Å²) in [4.78, 5) is 10.6. The van der Waals surface area contributed by atoms with Gasteiger partial charge in [-0.25, -0.2) is 0 Å². The van der Waals surface area contributed by atoms with E-state index in [4.69, 9.17) is 10.8 Å².